The molecule has 110 valence electrons. The van der Waals surface area contributed by atoms with Crippen LogP contribution in [-0.2, 0) is 14.3 Å². The Kier molecular flexibility index (Phi) is 6.75. The van der Waals surface area contributed by atoms with Gasteiger partial charge in [0, 0.05) is 32.7 Å². The highest BCUT2D eigenvalue weighted by Gasteiger charge is 2.19. The molecule has 0 aromatic heterocycles. The number of rotatable bonds is 8. The fourth-order valence-corrected chi connectivity index (χ4v) is 2.00. The summed E-state index contributed by atoms with van der Waals surface area (Å²) in [5.41, 5.74) is 0. The average molecular weight is 274 g/mol. The van der Waals surface area contributed by atoms with Crippen LogP contribution in [0.15, 0.2) is 0 Å². The molecule has 0 saturated carbocycles. The number of aliphatic carboxylic acids is 2. The Hall–Kier alpha value is -1.18. The standard InChI is InChI=1S/C12H22N2O5/c1-10(12(17)18)8-14(9-11(15)16)3-2-13-4-6-19-7-5-13/h10H,2-9H2,1H3,(H,15,16)(H,17,18). The van der Waals surface area contributed by atoms with E-state index < -0.39 is 17.9 Å². The second-order valence-electron chi connectivity index (χ2n) is 4.82. The Bertz CT molecular complexity index is 304. The van der Waals surface area contributed by atoms with Crippen molar-refractivity contribution < 1.29 is 24.5 Å². The minimum atomic E-state index is -0.931. The fourth-order valence-electron chi connectivity index (χ4n) is 2.00. The van der Waals surface area contributed by atoms with Gasteiger partial charge >= 0.3 is 11.9 Å². The van der Waals surface area contributed by atoms with Crippen molar-refractivity contribution in [3.63, 3.8) is 0 Å². The van der Waals surface area contributed by atoms with Crippen molar-refractivity contribution in [3.8, 4) is 0 Å². The van der Waals surface area contributed by atoms with Crippen LogP contribution in [0.5, 0.6) is 0 Å². The number of hydrogen-bond acceptors (Lipinski definition) is 5. The molecule has 0 aromatic rings. The van der Waals surface area contributed by atoms with E-state index in [9.17, 15) is 9.59 Å². The topological polar surface area (TPSA) is 90.3 Å². The number of carboxylic acids is 2. The summed E-state index contributed by atoms with van der Waals surface area (Å²) in [5.74, 6) is -2.40. The lowest BCUT2D eigenvalue weighted by molar-refractivity contribution is -0.144. The summed E-state index contributed by atoms with van der Waals surface area (Å²) in [6.45, 7) is 6.10. The SMILES string of the molecule is CC(CN(CCN1CCOCC1)CC(=O)O)C(=O)O. The lowest BCUT2D eigenvalue weighted by Gasteiger charge is -2.30. The molecule has 0 aromatic carbocycles. The van der Waals surface area contributed by atoms with Gasteiger partial charge in [0.15, 0.2) is 0 Å². The van der Waals surface area contributed by atoms with E-state index in [-0.39, 0.29) is 13.1 Å². The van der Waals surface area contributed by atoms with E-state index in [0.717, 1.165) is 19.6 Å². The van der Waals surface area contributed by atoms with Crippen LogP contribution in [0.3, 0.4) is 0 Å². The fraction of sp³-hybridized carbons (Fsp3) is 0.833. The smallest absolute Gasteiger partial charge is 0.317 e. The highest BCUT2D eigenvalue weighted by molar-refractivity contribution is 5.71. The zero-order valence-electron chi connectivity index (χ0n) is 11.2. The molecule has 19 heavy (non-hydrogen) atoms. The summed E-state index contributed by atoms with van der Waals surface area (Å²) >= 11 is 0. The normalized spacial score (nSPS) is 18.4. The minimum Gasteiger partial charge on any atom is -0.481 e. The third-order valence-electron chi connectivity index (χ3n) is 3.15. The predicted octanol–water partition coefficient (Wildman–Crippen LogP) is -0.574. The zero-order valence-corrected chi connectivity index (χ0v) is 11.2. The molecule has 0 bridgehead atoms. The molecule has 1 saturated heterocycles. The van der Waals surface area contributed by atoms with E-state index in [1.54, 1.807) is 11.8 Å². The molecule has 1 aliphatic rings. The molecule has 0 amide bonds. The van der Waals surface area contributed by atoms with Gasteiger partial charge in [-0.3, -0.25) is 19.4 Å². The molecule has 2 N–H and O–H groups in total. The lowest BCUT2D eigenvalue weighted by atomic mass is 10.1. The minimum absolute atomic E-state index is 0.123. The quantitative estimate of drug-likeness (QED) is 0.612. The molecule has 1 heterocycles. The summed E-state index contributed by atoms with van der Waals surface area (Å²) in [7, 11) is 0. The van der Waals surface area contributed by atoms with Crippen molar-refractivity contribution in [1.29, 1.82) is 0 Å². The van der Waals surface area contributed by atoms with E-state index in [1.807, 2.05) is 0 Å². The first-order valence-corrected chi connectivity index (χ1v) is 6.46. The van der Waals surface area contributed by atoms with Crippen molar-refractivity contribution >= 4 is 11.9 Å². The van der Waals surface area contributed by atoms with Gasteiger partial charge < -0.3 is 14.9 Å². The van der Waals surface area contributed by atoms with Gasteiger partial charge in [-0.2, -0.15) is 0 Å². The molecule has 1 atom stereocenters. The highest BCUT2D eigenvalue weighted by atomic mass is 16.5. The van der Waals surface area contributed by atoms with E-state index in [1.165, 1.54) is 0 Å². The van der Waals surface area contributed by atoms with Gasteiger partial charge in [0.25, 0.3) is 0 Å². The van der Waals surface area contributed by atoms with Crippen LogP contribution in [0, 0.1) is 5.92 Å². The van der Waals surface area contributed by atoms with Crippen molar-refractivity contribution in [1.82, 2.24) is 9.80 Å². The molecule has 7 nitrogen and oxygen atoms in total. The Labute approximate surface area is 112 Å². The van der Waals surface area contributed by atoms with Crippen LogP contribution in [0.25, 0.3) is 0 Å². The largest absolute Gasteiger partial charge is 0.481 e. The van der Waals surface area contributed by atoms with Crippen LogP contribution in [0.4, 0.5) is 0 Å². The lowest BCUT2D eigenvalue weighted by Crippen LogP contribution is -2.44. The molecule has 0 spiro atoms. The number of hydrogen-bond donors (Lipinski definition) is 2. The maximum absolute atomic E-state index is 10.8. The first kappa shape index (κ1) is 15.9. The number of morpholine rings is 1. The van der Waals surface area contributed by atoms with Gasteiger partial charge in [0.2, 0.25) is 0 Å². The molecule has 1 unspecified atom stereocenters. The highest BCUT2D eigenvalue weighted by Crippen LogP contribution is 2.02. The van der Waals surface area contributed by atoms with Crippen molar-refractivity contribution in [2.75, 3.05) is 52.5 Å². The van der Waals surface area contributed by atoms with Crippen molar-refractivity contribution in [2.45, 2.75) is 6.92 Å². The molecule has 1 aliphatic heterocycles. The third-order valence-corrected chi connectivity index (χ3v) is 3.15. The van der Waals surface area contributed by atoms with Crippen LogP contribution < -0.4 is 0 Å². The van der Waals surface area contributed by atoms with Crippen molar-refractivity contribution in [3.05, 3.63) is 0 Å². The summed E-state index contributed by atoms with van der Waals surface area (Å²) in [5, 5.41) is 17.7. The molecule has 7 heteroatoms. The number of nitrogens with zero attached hydrogens (tertiary/aromatic N) is 2. The van der Waals surface area contributed by atoms with Crippen LogP contribution in [0.1, 0.15) is 6.92 Å². The van der Waals surface area contributed by atoms with Gasteiger partial charge in [-0.25, -0.2) is 0 Å². The summed E-state index contributed by atoms with van der Waals surface area (Å²) < 4.78 is 5.24. The number of carbonyl (C=O) groups is 2. The monoisotopic (exact) mass is 274 g/mol. The number of ether oxygens (including phenoxy) is 1. The van der Waals surface area contributed by atoms with Gasteiger partial charge in [0.05, 0.1) is 25.7 Å². The zero-order chi connectivity index (χ0) is 14.3. The van der Waals surface area contributed by atoms with Crippen LogP contribution in [0.2, 0.25) is 0 Å². The Morgan fingerprint density at radius 1 is 1.32 bits per heavy atom. The molecule has 1 fully saturated rings. The molecular weight excluding hydrogens is 252 g/mol. The first-order chi connectivity index (χ1) is 8.99. The van der Waals surface area contributed by atoms with E-state index >= 15 is 0 Å². The summed E-state index contributed by atoms with van der Waals surface area (Å²) in [4.78, 5) is 25.5. The van der Waals surface area contributed by atoms with Crippen LogP contribution >= 0.6 is 0 Å². The third kappa shape index (κ3) is 6.51. The van der Waals surface area contributed by atoms with Gasteiger partial charge in [0.1, 0.15) is 0 Å². The predicted molar refractivity (Wildman–Crippen MR) is 68.1 cm³/mol. The Morgan fingerprint density at radius 3 is 2.47 bits per heavy atom. The van der Waals surface area contributed by atoms with E-state index in [4.69, 9.17) is 14.9 Å². The molecular formula is C12H22N2O5. The van der Waals surface area contributed by atoms with Crippen molar-refractivity contribution in [2.24, 2.45) is 5.92 Å². The second kappa shape index (κ2) is 8.08. The van der Waals surface area contributed by atoms with Gasteiger partial charge in [-0.15, -0.1) is 0 Å². The maximum Gasteiger partial charge on any atom is 0.317 e. The summed E-state index contributed by atoms with van der Waals surface area (Å²) in [6.07, 6.45) is 0. The van der Waals surface area contributed by atoms with E-state index in [2.05, 4.69) is 4.90 Å². The Morgan fingerprint density at radius 2 is 1.95 bits per heavy atom. The summed E-state index contributed by atoms with van der Waals surface area (Å²) in [6, 6.07) is 0. The van der Waals surface area contributed by atoms with E-state index in [0.29, 0.717) is 19.8 Å². The van der Waals surface area contributed by atoms with Gasteiger partial charge in [-0.05, 0) is 0 Å². The van der Waals surface area contributed by atoms with Gasteiger partial charge in [-0.1, -0.05) is 6.92 Å². The average Bonchev–Trinajstić information content (AvgIpc) is 2.36. The number of carboxylic acid groups (broad SMARTS) is 2. The maximum atomic E-state index is 10.8. The van der Waals surface area contributed by atoms with Crippen LogP contribution in [-0.4, -0.2) is 84.4 Å². The molecule has 0 radical (unpaired) electrons. The second-order valence-corrected chi connectivity index (χ2v) is 4.82. The first-order valence-electron chi connectivity index (χ1n) is 6.46. The molecule has 1 rings (SSSR count). The Balaban J connectivity index is 2.39. The molecule has 0 aliphatic carbocycles.